The van der Waals surface area contributed by atoms with Crippen molar-refractivity contribution in [3.05, 3.63) is 24.3 Å². The van der Waals surface area contributed by atoms with Crippen LogP contribution in [0.3, 0.4) is 0 Å². The smallest absolute Gasteiger partial charge is 0.320 e. The zero-order valence-electron chi connectivity index (χ0n) is 21.4. The van der Waals surface area contributed by atoms with Gasteiger partial charge in [-0.2, -0.15) is 0 Å². The second-order valence-corrected chi connectivity index (χ2v) is 11.7. The Morgan fingerprint density at radius 2 is 1.19 bits per heavy atom. The summed E-state index contributed by atoms with van der Waals surface area (Å²) in [7, 11) is 2.31. The Morgan fingerprint density at radius 1 is 0.742 bits per heavy atom. The van der Waals surface area contributed by atoms with Crippen LogP contribution in [0.4, 0.5) is 0 Å². The van der Waals surface area contributed by atoms with Crippen LogP contribution in [0, 0.1) is 0 Å². The van der Waals surface area contributed by atoms with Crippen LogP contribution in [0.2, 0.25) is 0 Å². The molecule has 0 aliphatic rings. The summed E-state index contributed by atoms with van der Waals surface area (Å²) in [5.74, 6) is -0.346. The standard InChI is InChI=1S/C26H52NO3P/c1-6-8-9-10-11-12-13-14-15-16-17-18-19-20-21-22-23-25-30-31(28,29)26(24-7-2)27(3,4)5/h12-13,18-19,26H,6-11,14-17,20-25H2,1-5H3/p+1. The number of allylic oxidation sites excluding steroid dienone is 4. The average molecular weight is 459 g/mol. The van der Waals surface area contributed by atoms with Crippen LogP contribution in [0.1, 0.15) is 110 Å². The first kappa shape index (κ1) is 30.6. The van der Waals surface area contributed by atoms with Crippen molar-refractivity contribution in [1.29, 1.82) is 0 Å². The Hall–Kier alpha value is -0.410. The van der Waals surface area contributed by atoms with Gasteiger partial charge in [0, 0.05) is 6.42 Å². The third kappa shape index (κ3) is 17.8. The van der Waals surface area contributed by atoms with Gasteiger partial charge in [0.2, 0.25) is 0 Å². The summed E-state index contributed by atoms with van der Waals surface area (Å²) in [6.07, 6.45) is 26.6. The highest BCUT2D eigenvalue weighted by Crippen LogP contribution is 2.51. The molecule has 0 aromatic rings. The summed E-state index contributed by atoms with van der Waals surface area (Å²) in [4.78, 5) is 10.4. The number of unbranched alkanes of at least 4 members (excludes halogenated alkanes) is 10. The van der Waals surface area contributed by atoms with E-state index in [1.54, 1.807) is 0 Å². The fourth-order valence-electron chi connectivity index (χ4n) is 3.75. The Kier molecular flexibility index (Phi) is 18.8. The monoisotopic (exact) mass is 458 g/mol. The van der Waals surface area contributed by atoms with Crippen molar-refractivity contribution in [1.82, 2.24) is 0 Å². The Bertz CT molecular complexity index is 511. The van der Waals surface area contributed by atoms with Crippen LogP contribution in [0.5, 0.6) is 0 Å². The summed E-state index contributed by atoms with van der Waals surface area (Å²) < 4.78 is 18.6. The van der Waals surface area contributed by atoms with Gasteiger partial charge in [0.15, 0.2) is 5.78 Å². The first-order valence-electron chi connectivity index (χ1n) is 12.8. The second-order valence-electron chi connectivity index (χ2n) is 9.71. The quantitative estimate of drug-likeness (QED) is 0.0815. The summed E-state index contributed by atoms with van der Waals surface area (Å²) in [6, 6.07) is 0. The van der Waals surface area contributed by atoms with Crippen LogP contribution >= 0.6 is 7.60 Å². The summed E-state index contributed by atoms with van der Waals surface area (Å²) >= 11 is 0. The van der Waals surface area contributed by atoms with Crippen molar-refractivity contribution < 1.29 is 18.5 Å². The van der Waals surface area contributed by atoms with Crippen molar-refractivity contribution in [2.45, 2.75) is 116 Å². The predicted molar refractivity (Wildman–Crippen MR) is 136 cm³/mol. The van der Waals surface area contributed by atoms with E-state index in [0.717, 1.165) is 32.1 Å². The van der Waals surface area contributed by atoms with Crippen LogP contribution < -0.4 is 0 Å². The van der Waals surface area contributed by atoms with E-state index in [1.807, 2.05) is 28.1 Å². The van der Waals surface area contributed by atoms with Crippen LogP contribution in [0.15, 0.2) is 24.3 Å². The van der Waals surface area contributed by atoms with Gasteiger partial charge in [-0.15, -0.1) is 0 Å². The van der Waals surface area contributed by atoms with Crippen LogP contribution in [-0.4, -0.2) is 42.9 Å². The van der Waals surface area contributed by atoms with E-state index in [2.05, 4.69) is 31.2 Å². The number of hydrogen-bond acceptors (Lipinski definition) is 2. The Balaban J connectivity index is 3.67. The largest absolute Gasteiger partial charge is 0.385 e. The van der Waals surface area contributed by atoms with Crippen molar-refractivity contribution in [2.24, 2.45) is 0 Å². The molecule has 4 nitrogen and oxygen atoms in total. The second kappa shape index (κ2) is 19.1. The van der Waals surface area contributed by atoms with Gasteiger partial charge in [-0.3, -0.25) is 4.57 Å². The molecule has 0 aromatic carbocycles. The zero-order chi connectivity index (χ0) is 23.4. The number of nitrogens with zero attached hydrogens (tertiary/aromatic N) is 1. The zero-order valence-corrected chi connectivity index (χ0v) is 22.3. The lowest BCUT2D eigenvalue weighted by Gasteiger charge is -2.35. The minimum absolute atomic E-state index is 0.346. The number of hydrogen-bond donors (Lipinski definition) is 1. The van der Waals surface area contributed by atoms with Gasteiger partial charge in [-0.05, 0) is 64.2 Å². The highest BCUT2D eigenvalue weighted by Gasteiger charge is 2.41. The van der Waals surface area contributed by atoms with Crippen molar-refractivity contribution in [2.75, 3.05) is 27.7 Å². The lowest BCUT2D eigenvalue weighted by Crippen LogP contribution is -2.45. The highest BCUT2D eigenvalue weighted by molar-refractivity contribution is 7.53. The molecule has 0 radical (unpaired) electrons. The van der Waals surface area contributed by atoms with E-state index < -0.39 is 7.60 Å². The fraction of sp³-hybridized carbons (Fsp3) is 0.846. The molecule has 0 bridgehead atoms. The van der Waals surface area contributed by atoms with Gasteiger partial charge in [-0.25, -0.2) is 0 Å². The minimum Gasteiger partial charge on any atom is -0.320 e. The molecular weight excluding hydrogens is 405 g/mol. The van der Waals surface area contributed by atoms with Crippen LogP contribution in [-0.2, 0) is 9.09 Å². The highest BCUT2D eigenvalue weighted by atomic mass is 31.2. The molecule has 2 atom stereocenters. The van der Waals surface area contributed by atoms with Crippen molar-refractivity contribution in [3.8, 4) is 0 Å². The van der Waals surface area contributed by atoms with E-state index in [-0.39, 0.29) is 5.78 Å². The van der Waals surface area contributed by atoms with Crippen LogP contribution in [0.25, 0.3) is 0 Å². The molecule has 31 heavy (non-hydrogen) atoms. The molecule has 2 unspecified atom stereocenters. The van der Waals surface area contributed by atoms with Gasteiger partial charge < -0.3 is 13.9 Å². The predicted octanol–water partition coefficient (Wildman–Crippen LogP) is 8.22. The molecule has 5 heteroatoms. The minimum atomic E-state index is -3.58. The molecule has 0 spiro atoms. The first-order chi connectivity index (χ1) is 14.8. The molecule has 0 saturated carbocycles. The molecule has 0 amide bonds. The summed E-state index contributed by atoms with van der Waals surface area (Å²) in [5, 5.41) is 0. The Morgan fingerprint density at radius 3 is 1.61 bits per heavy atom. The fourth-order valence-corrected chi connectivity index (χ4v) is 5.78. The maximum atomic E-state index is 12.6. The average Bonchev–Trinajstić information content (AvgIpc) is 2.70. The molecule has 0 aliphatic carbocycles. The van der Waals surface area contributed by atoms with Crippen molar-refractivity contribution in [3.63, 3.8) is 0 Å². The first-order valence-corrected chi connectivity index (χ1v) is 14.5. The van der Waals surface area contributed by atoms with E-state index in [4.69, 9.17) is 4.52 Å². The summed E-state index contributed by atoms with van der Waals surface area (Å²) in [6.45, 7) is 4.68. The van der Waals surface area contributed by atoms with E-state index in [1.165, 1.54) is 57.8 Å². The molecule has 0 saturated heterocycles. The van der Waals surface area contributed by atoms with Gasteiger partial charge in [0.1, 0.15) is 0 Å². The Labute approximate surface area is 194 Å². The molecule has 0 fully saturated rings. The lowest BCUT2D eigenvalue weighted by molar-refractivity contribution is -0.883. The van der Waals surface area contributed by atoms with E-state index in [0.29, 0.717) is 17.5 Å². The maximum absolute atomic E-state index is 12.6. The van der Waals surface area contributed by atoms with Gasteiger partial charge >= 0.3 is 7.60 Å². The van der Waals surface area contributed by atoms with Gasteiger partial charge in [0.25, 0.3) is 0 Å². The van der Waals surface area contributed by atoms with Gasteiger partial charge in [-0.1, -0.05) is 63.8 Å². The normalized spacial score (nSPS) is 15.7. The SMILES string of the molecule is CCCCCCC=CCCCCC=CCCCCCOP(=O)(O)C(CCC)[N+](C)(C)C. The summed E-state index contributed by atoms with van der Waals surface area (Å²) in [5.41, 5.74) is 0. The third-order valence-electron chi connectivity index (χ3n) is 5.66. The molecular formula is C26H53NO3P+. The number of rotatable bonds is 21. The molecule has 0 rings (SSSR count). The lowest BCUT2D eigenvalue weighted by atomic mass is 10.1. The van der Waals surface area contributed by atoms with Gasteiger partial charge in [0.05, 0.1) is 27.7 Å². The topological polar surface area (TPSA) is 46.5 Å². The molecule has 0 aliphatic heterocycles. The molecule has 0 heterocycles. The van der Waals surface area contributed by atoms with Crippen molar-refractivity contribution >= 4 is 7.60 Å². The number of quaternary nitrogens is 1. The molecule has 184 valence electrons. The van der Waals surface area contributed by atoms with E-state index in [9.17, 15) is 9.46 Å². The van der Waals surface area contributed by atoms with E-state index >= 15 is 0 Å². The maximum Gasteiger partial charge on any atom is 0.385 e. The third-order valence-corrected chi connectivity index (χ3v) is 7.92. The molecule has 0 aromatic heterocycles. The molecule has 1 N–H and O–H groups in total.